The third-order valence-electron chi connectivity index (χ3n) is 10.8. The SMILES string of the molecule is c1ccc(-c2cc(-c3c4ccccc4c(-c4ccc5c(ccc6ccc7ccccc7c65)c4)c4ccccc34)c3c(c2)oc2ccccc23)cc1. The third kappa shape index (κ3) is 4.22. The van der Waals surface area contributed by atoms with Crippen molar-refractivity contribution in [1.29, 1.82) is 0 Å². The zero-order chi connectivity index (χ0) is 33.5. The molecule has 1 heterocycles. The van der Waals surface area contributed by atoms with Crippen molar-refractivity contribution in [2.45, 2.75) is 0 Å². The van der Waals surface area contributed by atoms with Crippen LogP contribution in [0.3, 0.4) is 0 Å². The van der Waals surface area contributed by atoms with Crippen LogP contribution in [-0.4, -0.2) is 0 Å². The molecule has 0 N–H and O–H groups in total. The Bertz CT molecular complexity index is 3130. The minimum Gasteiger partial charge on any atom is -0.456 e. The van der Waals surface area contributed by atoms with Gasteiger partial charge in [-0.2, -0.15) is 0 Å². The number of fused-ring (bicyclic) bond motifs is 10. The Hall–Kier alpha value is -6.70. The van der Waals surface area contributed by atoms with Gasteiger partial charge < -0.3 is 4.42 Å². The molecule has 51 heavy (non-hydrogen) atoms. The average molecular weight is 647 g/mol. The number of hydrogen-bond acceptors (Lipinski definition) is 1. The number of hydrogen-bond donors (Lipinski definition) is 0. The standard InChI is InChI=1S/C50H30O/c1-2-12-31(13-3-1)36-29-44(50-43-20-10-11-21-45(43)51-46(50)30-36)49-41-18-8-6-16-39(41)48(40-17-7-9-19-42(40)49)35-26-27-38-34(28-35)25-24-33-23-22-32-14-4-5-15-37(32)47(33)38/h1-30H. The lowest BCUT2D eigenvalue weighted by atomic mass is 9.83. The molecule has 0 fully saturated rings. The normalized spacial score (nSPS) is 11.9. The van der Waals surface area contributed by atoms with Gasteiger partial charge >= 0.3 is 0 Å². The third-order valence-corrected chi connectivity index (χ3v) is 10.8. The molecule has 1 nitrogen and oxygen atoms in total. The smallest absolute Gasteiger partial charge is 0.136 e. The van der Waals surface area contributed by atoms with Crippen LogP contribution in [0.25, 0.3) is 109 Å². The molecule has 0 amide bonds. The molecule has 236 valence electrons. The van der Waals surface area contributed by atoms with Crippen molar-refractivity contribution in [3.63, 3.8) is 0 Å². The predicted octanol–water partition coefficient (Wildman–Crippen LogP) is 14.4. The van der Waals surface area contributed by atoms with Crippen molar-refractivity contribution in [2.24, 2.45) is 0 Å². The lowest BCUT2D eigenvalue weighted by molar-refractivity contribution is 0.669. The van der Waals surface area contributed by atoms with Crippen molar-refractivity contribution in [1.82, 2.24) is 0 Å². The quantitative estimate of drug-likeness (QED) is 0.138. The fourth-order valence-electron chi connectivity index (χ4n) is 8.57. The average Bonchev–Trinajstić information content (AvgIpc) is 3.58. The summed E-state index contributed by atoms with van der Waals surface area (Å²) in [5.41, 5.74) is 9.02. The predicted molar refractivity (Wildman–Crippen MR) is 218 cm³/mol. The highest BCUT2D eigenvalue weighted by Gasteiger charge is 2.22. The first kappa shape index (κ1) is 28.2. The molecule has 0 bridgehead atoms. The van der Waals surface area contributed by atoms with Crippen LogP contribution in [0.2, 0.25) is 0 Å². The second-order valence-electron chi connectivity index (χ2n) is 13.6. The van der Waals surface area contributed by atoms with E-state index in [1.165, 1.54) is 81.7 Å². The fourth-order valence-corrected chi connectivity index (χ4v) is 8.57. The van der Waals surface area contributed by atoms with E-state index in [-0.39, 0.29) is 0 Å². The van der Waals surface area contributed by atoms with E-state index in [0.29, 0.717) is 0 Å². The summed E-state index contributed by atoms with van der Waals surface area (Å²) in [4.78, 5) is 0. The summed E-state index contributed by atoms with van der Waals surface area (Å²) in [7, 11) is 0. The van der Waals surface area contributed by atoms with Crippen LogP contribution in [0, 0.1) is 0 Å². The minimum atomic E-state index is 0.902. The summed E-state index contributed by atoms with van der Waals surface area (Å²) < 4.78 is 6.59. The van der Waals surface area contributed by atoms with Crippen LogP contribution in [0.1, 0.15) is 0 Å². The van der Waals surface area contributed by atoms with E-state index in [1.54, 1.807) is 0 Å². The first-order valence-corrected chi connectivity index (χ1v) is 17.6. The molecule has 0 aliphatic carbocycles. The van der Waals surface area contributed by atoms with Crippen LogP contribution in [-0.2, 0) is 0 Å². The molecule has 0 aliphatic heterocycles. The summed E-state index contributed by atoms with van der Waals surface area (Å²) in [6, 6.07) is 66.3. The van der Waals surface area contributed by atoms with E-state index < -0.39 is 0 Å². The summed E-state index contributed by atoms with van der Waals surface area (Å²) in [6.07, 6.45) is 0. The summed E-state index contributed by atoms with van der Waals surface area (Å²) in [5, 5.41) is 14.9. The van der Waals surface area contributed by atoms with Gasteiger partial charge in [-0.15, -0.1) is 0 Å². The minimum absolute atomic E-state index is 0.902. The zero-order valence-electron chi connectivity index (χ0n) is 27.7. The summed E-state index contributed by atoms with van der Waals surface area (Å²) >= 11 is 0. The molecular formula is C50H30O. The first-order valence-electron chi connectivity index (χ1n) is 17.6. The molecule has 1 heteroatoms. The summed E-state index contributed by atoms with van der Waals surface area (Å²) in [5.74, 6) is 0. The first-order chi connectivity index (χ1) is 25.3. The lowest BCUT2D eigenvalue weighted by Crippen LogP contribution is -1.92. The molecule has 11 rings (SSSR count). The molecule has 11 aromatic rings. The van der Waals surface area contributed by atoms with Gasteiger partial charge in [0, 0.05) is 10.8 Å². The van der Waals surface area contributed by atoms with Gasteiger partial charge in [0.15, 0.2) is 0 Å². The highest BCUT2D eigenvalue weighted by Crippen LogP contribution is 2.48. The molecule has 1 aromatic heterocycles. The number of furan rings is 1. The van der Waals surface area contributed by atoms with Crippen molar-refractivity contribution < 1.29 is 4.42 Å². The maximum absolute atomic E-state index is 6.59. The summed E-state index contributed by atoms with van der Waals surface area (Å²) in [6.45, 7) is 0. The van der Waals surface area contributed by atoms with Gasteiger partial charge in [-0.05, 0) is 112 Å². The monoisotopic (exact) mass is 646 g/mol. The van der Waals surface area contributed by atoms with Gasteiger partial charge in [-0.1, -0.05) is 158 Å². The van der Waals surface area contributed by atoms with Gasteiger partial charge in [0.05, 0.1) is 0 Å². The van der Waals surface area contributed by atoms with Crippen LogP contribution >= 0.6 is 0 Å². The highest BCUT2D eigenvalue weighted by molar-refractivity contribution is 6.27. The maximum atomic E-state index is 6.59. The topological polar surface area (TPSA) is 13.1 Å². The van der Waals surface area contributed by atoms with E-state index in [1.807, 2.05) is 0 Å². The van der Waals surface area contributed by atoms with Crippen molar-refractivity contribution in [3.05, 3.63) is 182 Å². The number of rotatable bonds is 3. The van der Waals surface area contributed by atoms with E-state index in [2.05, 4.69) is 182 Å². The van der Waals surface area contributed by atoms with Crippen molar-refractivity contribution in [2.75, 3.05) is 0 Å². The molecule has 0 aliphatic rings. The van der Waals surface area contributed by atoms with Gasteiger partial charge in [-0.3, -0.25) is 0 Å². The largest absolute Gasteiger partial charge is 0.456 e. The second-order valence-corrected chi connectivity index (χ2v) is 13.6. The molecular weight excluding hydrogens is 617 g/mol. The molecule has 0 spiro atoms. The van der Waals surface area contributed by atoms with E-state index in [0.717, 1.165) is 27.5 Å². The van der Waals surface area contributed by atoms with Crippen LogP contribution in [0.4, 0.5) is 0 Å². The van der Waals surface area contributed by atoms with Gasteiger partial charge in [0.1, 0.15) is 11.2 Å². The maximum Gasteiger partial charge on any atom is 0.136 e. The van der Waals surface area contributed by atoms with Gasteiger partial charge in [0.25, 0.3) is 0 Å². The molecule has 0 atom stereocenters. The van der Waals surface area contributed by atoms with E-state index in [4.69, 9.17) is 4.42 Å². The molecule has 0 radical (unpaired) electrons. The molecule has 0 unspecified atom stereocenters. The highest BCUT2D eigenvalue weighted by atomic mass is 16.3. The van der Waals surface area contributed by atoms with Crippen LogP contribution < -0.4 is 0 Å². The van der Waals surface area contributed by atoms with E-state index >= 15 is 0 Å². The molecule has 0 saturated carbocycles. The Balaban J connectivity index is 1.24. The molecule has 10 aromatic carbocycles. The second kappa shape index (κ2) is 10.9. The lowest BCUT2D eigenvalue weighted by Gasteiger charge is -2.19. The van der Waals surface area contributed by atoms with Gasteiger partial charge in [-0.25, -0.2) is 0 Å². The molecule has 0 saturated heterocycles. The van der Waals surface area contributed by atoms with E-state index in [9.17, 15) is 0 Å². The zero-order valence-corrected chi connectivity index (χ0v) is 27.7. The van der Waals surface area contributed by atoms with Crippen molar-refractivity contribution >= 4 is 75.8 Å². The van der Waals surface area contributed by atoms with Crippen molar-refractivity contribution in [3.8, 4) is 33.4 Å². The Morgan fingerprint density at radius 1 is 0.275 bits per heavy atom. The number of benzene rings is 10. The Kier molecular flexibility index (Phi) is 6.02. The Morgan fingerprint density at radius 3 is 1.59 bits per heavy atom. The van der Waals surface area contributed by atoms with Gasteiger partial charge in [0.2, 0.25) is 0 Å². The number of para-hydroxylation sites is 1. The van der Waals surface area contributed by atoms with Crippen LogP contribution in [0.5, 0.6) is 0 Å². The Labute approximate surface area is 294 Å². The fraction of sp³-hybridized carbons (Fsp3) is 0. The van der Waals surface area contributed by atoms with Crippen LogP contribution in [0.15, 0.2) is 186 Å². The Morgan fingerprint density at radius 2 is 0.843 bits per heavy atom.